The van der Waals surface area contributed by atoms with Crippen LogP contribution in [0.25, 0.3) is 10.8 Å². The van der Waals surface area contributed by atoms with Crippen molar-refractivity contribution in [3.05, 3.63) is 71.8 Å². The number of hydrogen-bond acceptors (Lipinski definition) is 2. The fourth-order valence-electron chi connectivity index (χ4n) is 2.23. The zero-order valence-electron chi connectivity index (χ0n) is 11.9. The largest absolute Gasteiger partial charge is 0.507 e. The molecule has 3 aromatic rings. The number of aromatic hydroxyl groups is 1. The summed E-state index contributed by atoms with van der Waals surface area (Å²) in [5.41, 5.74) is 0.166. The molecule has 0 bridgehead atoms. The van der Waals surface area contributed by atoms with E-state index in [1.807, 2.05) is 24.3 Å². The van der Waals surface area contributed by atoms with Crippen LogP contribution in [0.3, 0.4) is 0 Å². The van der Waals surface area contributed by atoms with Crippen LogP contribution in [-0.4, -0.2) is 11.3 Å². The molecule has 23 heavy (non-hydrogen) atoms. The van der Waals surface area contributed by atoms with E-state index in [0.29, 0.717) is 11.3 Å². The molecule has 5 heteroatoms. The van der Waals surface area contributed by atoms with Gasteiger partial charge in [-0.25, -0.2) is 0 Å². The highest BCUT2D eigenvalue weighted by molar-refractivity contribution is 5.94. The average Bonchev–Trinajstić information content (AvgIpc) is 2.52. The Morgan fingerprint density at radius 2 is 1.48 bits per heavy atom. The average molecular weight is 315 g/mol. The number of rotatable bonds is 2. The molecular weight excluding hydrogens is 303 g/mol. The standard InChI is InChI=1S/C18H12F3NO/c19-18(20,21)15-5-7-16(8-6-15)22-11-14-9-12-3-1-2-4-13(12)10-17(14)23/h1-11,23H. The summed E-state index contributed by atoms with van der Waals surface area (Å²) in [7, 11) is 0. The molecule has 0 spiro atoms. The third kappa shape index (κ3) is 3.34. The quantitative estimate of drug-likeness (QED) is 0.638. The third-order valence-electron chi connectivity index (χ3n) is 3.44. The molecule has 1 N–H and O–H groups in total. The van der Waals surface area contributed by atoms with Crippen LogP contribution in [0.2, 0.25) is 0 Å². The van der Waals surface area contributed by atoms with Gasteiger partial charge < -0.3 is 5.11 Å². The lowest BCUT2D eigenvalue weighted by atomic mass is 10.1. The summed E-state index contributed by atoms with van der Waals surface area (Å²) in [5, 5.41) is 11.8. The van der Waals surface area contributed by atoms with Crippen molar-refractivity contribution >= 4 is 22.7 Å². The highest BCUT2D eigenvalue weighted by Crippen LogP contribution is 2.30. The van der Waals surface area contributed by atoms with Gasteiger partial charge in [0.05, 0.1) is 11.3 Å². The van der Waals surface area contributed by atoms with Crippen LogP contribution in [0.15, 0.2) is 65.7 Å². The van der Waals surface area contributed by atoms with Crippen molar-refractivity contribution < 1.29 is 18.3 Å². The van der Waals surface area contributed by atoms with Crippen molar-refractivity contribution in [3.8, 4) is 5.75 Å². The molecule has 0 heterocycles. The molecule has 0 atom stereocenters. The van der Waals surface area contributed by atoms with E-state index in [2.05, 4.69) is 4.99 Å². The number of hydrogen-bond donors (Lipinski definition) is 1. The first kappa shape index (κ1) is 15.1. The van der Waals surface area contributed by atoms with Crippen LogP contribution in [0, 0.1) is 0 Å². The summed E-state index contributed by atoms with van der Waals surface area (Å²) >= 11 is 0. The molecule has 0 amide bonds. The van der Waals surface area contributed by atoms with Crippen LogP contribution in [-0.2, 0) is 6.18 Å². The van der Waals surface area contributed by atoms with Gasteiger partial charge in [-0.1, -0.05) is 24.3 Å². The zero-order valence-corrected chi connectivity index (χ0v) is 11.9. The Balaban J connectivity index is 1.89. The first-order valence-electron chi connectivity index (χ1n) is 6.86. The topological polar surface area (TPSA) is 32.6 Å². The van der Waals surface area contributed by atoms with Crippen LogP contribution < -0.4 is 0 Å². The third-order valence-corrected chi connectivity index (χ3v) is 3.44. The lowest BCUT2D eigenvalue weighted by Crippen LogP contribution is -2.03. The van der Waals surface area contributed by atoms with Crippen molar-refractivity contribution in [3.63, 3.8) is 0 Å². The molecule has 0 radical (unpaired) electrons. The molecule has 0 saturated carbocycles. The van der Waals surface area contributed by atoms with Gasteiger partial charge in [0.25, 0.3) is 0 Å². The van der Waals surface area contributed by atoms with Crippen LogP contribution in [0.5, 0.6) is 5.75 Å². The van der Waals surface area contributed by atoms with E-state index in [1.165, 1.54) is 18.3 Å². The lowest BCUT2D eigenvalue weighted by Gasteiger charge is -2.06. The molecule has 0 aliphatic carbocycles. The Kier molecular flexibility index (Phi) is 3.78. The van der Waals surface area contributed by atoms with Gasteiger partial charge in [0.2, 0.25) is 0 Å². The van der Waals surface area contributed by atoms with Gasteiger partial charge in [-0.2, -0.15) is 13.2 Å². The molecule has 0 saturated heterocycles. The summed E-state index contributed by atoms with van der Waals surface area (Å²) in [6.45, 7) is 0. The van der Waals surface area contributed by atoms with Crippen molar-refractivity contribution in [2.45, 2.75) is 6.18 Å². The highest BCUT2D eigenvalue weighted by Gasteiger charge is 2.29. The zero-order chi connectivity index (χ0) is 16.4. The van der Waals surface area contributed by atoms with Gasteiger partial charge in [-0.15, -0.1) is 0 Å². The maximum Gasteiger partial charge on any atom is 0.416 e. The number of nitrogens with zero attached hydrogens (tertiary/aromatic N) is 1. The molecule has 0 unspecified atom stereocenters. The fraction of sp³-hybridized carbons (Fsp3) is 0.0556. The van der Waals surface area contributed by atoms with Gasteiger partial charge in [-0.3, -0.25) is 4.99 Å². The van der Waals surface area contributed by atoms with E-state index >= 15 is 0 Å². The van der Waals surface area contributed by atoms with Gasteiger partial charge in [0.15, 0.2) is 0 Å². The Morgan fingerprint density at radius 3 is 2.09 bits per heavy atom. The van der Waals surface area contributed by atoms with Crippen LogP contribution >= 0.6 is 0 Å². The van der Waals surface area contributed by atoms with Crippen molar-refractivity contribution in [2.75, 3.05) is 0 Å². The van der Waals surface area contributed by atoms with Gasteiger partial charge in [0.1, 0.15) is 5.75 Å². The SMILES string of the molecule is Oc1cc2ccccc2cc1C=Nc1ccc(C(F)(F)F)cc1. The van der Waals surface area contributed by atoms with E-state index in [1.54, 1.807) is 12.1 Å². The molecular formula is C18H12F3NO. The number of aliphatic imine (C=N–C) groups is 1. The fourth-order valence-corrected chi connectivity index (χ4v) is 2.23. The van der Waals surface area contributed by atoms with Gasteiger partial charge >= 0.3 is 6.18 Å². The number of alkyl halides is 3. The van der Waals surface area contributed by atoms with E-state index in [9.17, 15) is 18.3 Å². The minimum atomic E-state index is -4.36. The minimum Gasteiger partial charge on any atom is -0.507 e. The second-order valence-corrected chi connectivity index (χ2v) is 5.06. The normalized spacial score (nSPS) is 12.1. The van der Waals surface area contributed by atoms with Gasteiger partial charge in [-0.05, 0) is 47.2 Å². The smallest absolute Gasteiger partial charge is 0.416 e. The molecule has 0 aromatic heterocycles. The first-order valence-corrected chi connectivity index (χ1v) is 6.86. The Morgan fingerprint density at radius 1 is 0.870 bits per heavy atom. The van der Waals surface area contributed by atoms with Crippen molar-refractivity contribution in [1.29, 1.82) is 0 Å². The molecule has 3 rings (SSSR count). The molecule has 3 aromatic carbocycles. The summed E-state index contributed by atoms with van der Waals surface area (Å²) in [6.07, 6.45) is -2.93. The maximum atomic E-state index is 12.5. The predicted molar refractivity (Wildman–Crippen MR) is 84.3 cm³/mol. The van der Waals surface area contributed by atoms with Crippen LogP contribution in [0.4, 0.5) is 18.9 Å². The monoisotopic (exact) mass is 315 g/mol. The van der Waals surface area contributed by atoms with E-state index in [-0.39, 0.29) is 5.75 Å². The number of fused-ring (bicyclic) bond motifs is 1. The van der Waals surface area contributed by atoms with Gasteiger partial charge in [0, 0.05) is 11.8 Å². The molecule has 116 valence electrons. The molecule has 0 fully saturated rings. The van der Waals surface area contributed by atoms with Crippen LogP contribution in [0.1, 0.15) is 11.1 Å². The highest BCUT2D eigenvalue weighted by atomic mass is 19.4. The lowest BCUT2D eigenvalue weighted by molar-refractivity contribution is -0.137. The summed E-state index contributed by atoms with van der Waals surface area (Å²) < 4.78 is 37.5. The predicted octanol–water partition coefficient (Wildman–Crippen LogP) is 5.31. The van der Waals surface area contributed by atoms with E-state index in [4.69, 9.17) is 0 Å². The Hall–Kier alpha value is -2.82. The van der Waals surface area contributed by atoms with Crippen molar-refractivity contribution in [2.24, 2.45) is 4.99 Å². The first-order chi connectivity index (χ1) is 10.9. The second kappa shape index (κ2) is 5.76. The molecule has 2 nitrogen and oxygen atoms in total. The minimum absolute atomic E-state index is 0.0689. The number of phenolic OH excluding ortho intramolecular Hbond substituents is 1. The summed E-state index contributed by atoms with van der Waals surface area (Å²) in [6, 6.07) is 15.5. The Labute approximate surface area is 130 Å². The molecule has 0 aliphatic rings. The van der Waals surface area contributed by atoms with E-state index < -0.39 is 11.7 Å². The summed E-state index contributed by atoms with van der Waals surface area (Å²) in [5.74, 6) is 0.0689. The summed E-state index contributed by atoms with van der Waals surface area (Å²) in [4.78, 5) is 4.11. The number of benzene rings is 3. The molecule has 0 aliphatic heterocycles. The maximum absolute atomic E-state index is 12.5. The number of phenols is 1. The van der Waals surface area contributed by atoms with Crippen molar-refractivity contribution in [1.82, 2.24) is 0 Å². The number of halogens is 3. The second-order valence-electron chi connectivity index (χ2n) is 5.06. The Bertz CT molecular complexity index is 868. The van der Waals surface area contributed by atoms with E-state index in [0.717, 1.165) is 22.9 Å².